The fourth-order valence-corrected chi connectivity index (χ4v) is 4.11. The van der Waals surface area contributed by atoms with E-state index in [1.165, 1.54) is 0 Å². The van der Waals surface area contributed by atoms with Crippen LogP contribution in [0.1, 0.15) is 31.7 Å². The van der Waals surface area contributed by atoms with Crippen LogP contribution in [0.4, 0.5) is 0 Å². The Bertz CT molecular complexity index is 905. The third-order valence-corrected chi connectivity index (χ3v) is 5.64. The van der Waals surface area contributed by atoms with E-state index in [1.807, 2.05) is 42.5 Å². The Balaban J connectivity index is 1.25. The summed E-state index contributed by atoms with van der Waals surface area (Å²) < 4.78 is 19.6. The molecule has 2 aliphatic rings. The third-order valence-electron chi connectivity index (χ3n) is 5.64. The first-order valence-corrected chi connectivity index (χ1v) is 9.96. The summed E-state index contributed by atoms with van der Waals surface area (Å²) in [7, 11) is 0. The van der Waals surface area contributed by atoms with E-state index in [0.29, 0.717) is 6.04 Å². The van der Waals surface area contributed by atoms with Crippen molar-refractivity contribution in [2.75, 3.05) is 13.2 Å². The van der Waals surface area contributed by atoms with Gasteiger partial charge in [-0.15, -0.1) is 0 Å². The molecule has 1 saturated heterocycles. The average Bonchev–Trinajstić information content (AvgIpc) is 3.41. The number of hydrogen-bond acceptors (Lipinski definition) is 4. The minimum absolute atomic E-state index is 0.318. The van der Waals surface area contributed by atoms with Crippen molar-refractivity contribution in [2.24, 2.45) is 0 Å². The van der Waals surface area contributed by atoms with E-state index in [9.17, 15) is 0 Å². The highest BCUT2D eigenvalue weighted by Crippen LogP contribution is 2.40. The van der Waals surface area contributed by atoms with E-state index >= 15 is 0 Å². The van der Waals surface area contributed by atoms with Crippen LogP contribution < -0.4 is 4.74 Å². The first-order chi connectivity index (χ1) is 13.8. The van der Waals surface area contributed by atoms with Crippen molar-refractivity contribution in [3.8, 4) is 22.8 Å². The summed E-state index contributed by atoms with van der Waals surface area (Å²) in [5, 5.41) is 4.83. The molecule has 1 aliphatic heterocycles. The number of benzene rings is 2. The molecular weight excluding hydrogens is 352 g/mol. The highest BCUT2D eigenvalue weighted by molar-refractivity contribution is 5.59. The molecule has 2 heterocycles. The van der Waals surface area contributed by atoms with Crippen LogP contribution in [0.5, 0.6) is 11.5 Å². The second kappa shape index (κ2) is 7.41. The van der Waals surface area contributed by atoms with Crippen molar-refractivity contribution in [3.05, 3.63) is 66.9 Å². The van der Waals surface area contributed by atoms with Crippen molar-refractivity contribution in [1.29, 1.82) is 0 Å². The zero-order valence-electron chi connectivity index (χ0n) is 15.8. The van der Waals surface area contributed by atoms with Crippen molar-refractivity contribution >= 4 is 0 Å². The van der Waals surface area contributed by atoms with Crippen LogP contribution in [0, 0.1) is 0 Å². The molecule has 2 fully saturated rings. The Kier molecular flexibility index (Phi) is 4.63. The lowest BCUT2D eigenvalue weighted by Crippen LogP contribution is -2.35. The van der Waals surface area contributed by atoms with Gasteiger partial charge in [-0.1, -0.05) is 18.2 Å². The lowest BCUT2D eigenvalue weighted by Gasteiger charge is -2.35. The van der Waals surface area contributed by atoms with E-state index in [0.717, 1.165) is 61.7 Å². The smallest absolute Gasteiger partial charge is 0.168 e. The van der Waals surface area contributed by atoms with Gasteiger partial charge in [0.25, 0.3) is 0 Å². The number of aromatic nitrogens is 2. The molecule has 5 rings (SSSR count). The SMILES string of the molecule is c1ccc(Oc2ccc(-c3ccn(C4CCC5(CC4)OCCO5)n3)cc2)cc1. The Labute approximate surface area is 164 Å². The first kappa shape index (κ1) is 17.5. The molecule has 28 heavy (non-hydrogen) atoms. The topological polar surface area (TPSA) is 45.5 Å². The number of rotatable bonds is 4. The summed E-state index contributed by atoms with van der Waals surface area (Å²) in [5.41, 5.74) is 2.08. The molecule has 1 aromatic heterocycles. The summed E-state index contributed by atoms with van der Waals surface area (Å²) in [4.78, 5) is 0. The number of nitrogens with zero attached hydrogens (tertiary/aromatic N) is 2. The zero-order valence-corrected chi connectivity index (χ0v) is 15.8. The summed E-state index contributed by atoms with van der Waals surface area (Å²) in [6, 6.07) is 20.4. The van der Waals surface area contributed by atoms with Crippen LogP contribution in [0.2, 0.25) is 0 Å². The average molecular weight is 376 g/mol. The predicted octanol–water partition coefficient (Wildman–Crippen LogP) is 5.20. The van der Waals surface area contributed by atoms with E-state index < -0.39 is 0 Å². The maximum atomic E-state index is 5.87. The zero-order chi connectivity index (χ0) is 18.8. The summed E-state index contributed by atoms with van der Waals surface area (Å²) in [6.07, 6.45) is 6.04. The van der Waals surface area contributed by atoms with Gasteiger partial charge in [0.1, 0.15) is 11.5 Å². The normalized spacial score (nSPS) is 19.1. The van der Waals surface area contributed by atoms with Gasteiger partial charge in [0, 0.05) is 24.6 Å². The van der Waals surface area contributed by atoms with Crippen molar-refractivity contribution < 1.29 is 14.2 Å². The minimum Gasteiger partial charge on any atom is -0.457 e. The van der Waals surface area contributed by atoms with E-state index in [-0.39, 0.29) is 5.79 Å². The van der Waals surface area contributed by atoms with Gasteiger partial charge in [-0.05, 0) is 55.3 Å². The molecule has 5 heteroatoms. The Morgan fingerprint density at radius 1 is 0.857 bits per heavy atom. The quantitative estimate of drug-likeness (QED) is 0.628. The van der Waals surface area contributed by atoms with Crippen molar-refractivity contribution in [2.45, 2.75) is 37.5 Å². The van der Waals surface area contributed by atoms with Gasteiger partial charge in [-0.25, -0.2) is 0 Å². The van der Waals surface area contributed by atoms with Crippen molar-refractivity contribution in [3.63, 3.8) is 0 Å². The Hall–Kier alpha value is -2.63. The second-order valence-corrected chi connectivity index (χ2v) is 7.46. The van der Waals surface area contributed by atoms with Crippen LogP contribution in [-0.2, 0) is 9.47 Å². The largest absolute Gasteiger partial charge is 0.457 e. The fraction of sp³-hybridized carbons (Fsp3) is 0.348. The summed E-state index contributed by atoms with van der Waals surface area (Å²) in [5.74, 6) is 1.34. The van der Waals surface area contributed by atoms with Crippen molar-refractivity contribution in [1.82, 2.24) is 9.78 Å². The number of hydrogen-bond donors (Lipinski definition) is 0. The highest BCUT2D eigenvalue weighted by atomic mass is 16.7. The molecule has 5 nitrogen and oxygen atoms in total. The van der Waals surface area contributed by atoms with Crippen LogP contribution in [0.3, 0.4) is 0 Å². The Morgan fingerprint density at radius 2 is 1.54 bits per heavy atom. The highest BCUT2D eigenvalue weighted by Gasteiger charge is 2.40. The van der Waals surface area contributed by atoms with E-state index in [1.54, 1.807) is 0 Å². The van der Waals surface area contributed by atoms with Gasteiger partial charge in [0.15, 0.2) is 5.79 Å². The lowest BCUT2D eigenvalue weighted by molar-refractivity contribution is -0.181. The lowest BCUT2D eigenvalue weighted by atomic mass is 9.90. The van der Waals surface area contributed by atoms with E-state index in [2.05, 4.69) is 29.1 Å². The summed E-state index contributed by atoms with van der Waals surface area (Å²) in [6.45, 7) is 1.45. The molecule has 0 atom stereocenters. The van der Waals surface area contributed by atoms with Gasteiger partial charge in [-0.3, -0.25) is 4.68 Å². The summed E-state index contributed by atoms with van der Waals surface area (Å²) >= 11 is 0. The molecule has 1 saturated carbocycles. The van der Waals surface area contributed by atoms with Crippen LogP contribution in [0.25, 0.3) is 11.3 Å². The number of ether oxygens (including phenoxy) is 3. The van der Waals surface area contributed by atoms with Crippen LogP contribution in [0.15, 0.2) is 66.9 Å². The maximum Gasteiger partial charge on any atom is 0.168 e. The molecular formula is C23H24N2O3. The maximum absolute atomic E-state index is 5.87. The molecule has 0 N–H and O–H groups in total. The third kappa shape index (κ3) is 3.55. The first-order valence-electron chi connectivity index (χ1n) is 9.96. The van der Waals surface area contributed by atoms with Gasteiger partial charge in [0.2, 0.25) is 0 Å². The second-order valence-electron chi connectivity index (χ2n) is 7.46. The molecule has 3 aromatic rings. The monoisotopic (exact) mass is 376 g/mol. The van der Waals surface area contributed by atoms with Crippen LogP contribution in [-0.4, -0.2) is 28.8 Å². The minimum atomic E-state index is -0.318. The molecule has 1 aliphatic carbocycles. The predicted molar refractivity (Wildman–Crippen MR) is 106 cm³/mol. The van der Waals surface area contributed by atoms with Gasteiger partial charge in [0.05, 0.1) is 24.9 Å². The fourth-order valence-electron chi connectivity index (χ4n) is 4.11. The van der Waals surface area contributed by atoms with Gasteiger partial charge in [-0.2, -0.15) is 5.10 Å². The van der Waals surface area contributed by atoms with Gasteiger partial charge >= 0.3 is 0 Å². The molecule has 0 amide bonds. The molecule has 144 valence electrons. The van der Waals surface area contributed by atoms with E-state index in [4.69, 9.17) is 19.3 Å². The molecule has 2 aromatic carbocycles. The molecule has 0 unspecified atom stereocenters. The molecule has 0 radical (unpaired) electrons. The molecule has 1 spiro atoms. The molecule has 0 bridgehead atoms. The number of para-hydroxylation sites is 1. The Morgan fingerprint density at radius 3 is 2.25 bits per heavy atom. The standard InChI is InChI=1S/C23H24N2O3/c1-2-4-20(5-3-1)28-21-8-6-18(7-9-21)22-12-15-25(24-22)19-10-13-23(14-11-19)26-16-17-27-23/h1-9,12,15,19H,10-11,13-14,16-17H2. The van der Waals surface area contributed by atoms with Gasteiger partial charge < -0.3 is 14.2 Å². The van der Waals surface area contributed by atoms with Crippen LogP contribution >= 0.6 is 0 Å².